The van der Waals surface area contributed by atoms with Crippen LogP contribution in [0.15, 0.2) is 52.1 Å². The molecular weight excluding hydrogens is 343 g/mol. The lowest BCUT2D eigenvalue weighted by Gasteiger charge is -2.09. The van der Waals surface area contributed by atoms with E-state index in [1.807, 2.05) is 0 Å². The van der Waals surface area contributed by atoms with Crippen molar-refractivity contribution in [3.05, 3.63) is 48.0 Å². The van der Waals surface area contributed by atoms with Crippen molar-refractivity contribution in [1.29, 1.82) is 0 Å². The van der Waals surface area contributed by atoms with Gasteiger partial charge in [0, 0.05) is 6.07 Å². The molecule has 0 radical (unpaired) electrons. The average molecular weight is 353 g/mol. The molecule has 0 atom stereocenters. The molecule has 0 unspecified atom stereocenters. The van der Waals surface area contributed by atoms with Crippen molar-refractivity contribution in [2.24, 2.45) is 0 Å². The molecule has 124 valence electrons. The number of alkyl halides is 3. The molecule has 0 bridgehead atoms. The van der Waals surface area contributed by atoms with Gasteiger partial charge >= 0.3 is 6.18 Å². The first kappa shape index (κ1) is 16.3. The molecule has 0 aliphatic heterocycles. The third-order valence-corrected chi connectivity index (χ3v) is 3.42. The number of benzene rings is 1. The Bertz CT molecular complexity index is 852. The largest absolute Gasteiger partial charge is 0.439 e. The Morgan fingerprint density at radius 1 is 1.08 bits per heavy atom. The van der Waals surface area contributed by atoms with Gasteiger partial charge in [0.1, 0.15) is 11.4 Å². The van der Waals surface area contributed by atoms with Crippen molar-refractivity contribution in [3.63, 3.8) is 0 Å². The molecule has 0 saturated heterocycles. The summed E-state index contributed by atoms with van der Waals surface area (Å²) in [5, 5.41) is 8.04. The fourth-order valence-electron chi connectivity index (χ4n) is 1.84. The van der Waals surface area contributed by atoms with Gasteiger partial charge in [-0.25, -0.2) is 4.98 Å². The number of halogens is 3. The zero-order valence-electron chi connectivity index (χ0n) is 12.2. The quantitative estimate of drug-likeness (QED) is 0.636. The van der Waals surface area contributed by atoms with Gasteiger partial charge in [0.25, 0.3) is 11.1 Å². The second-order valence-electron chi connectivity index (χ2n) is 4.57. The number of rotatable bonds is 4. The number of hydrogen-bond donors (Lipinski definition) is 0. The molecule has 0 fully saturated rings. The van der Waals surface area contributed by atoms with Gasteiger partial charge in [-0.3, -0.25) is 0 Å². The minimum atomic E-state index is -4.44. The van der Waals surface area contributed by atoms with E-state index in [0.29, 0.717) is 10.9 Å². The van der Waals surface area contributed by atoms with Crippen molar-refractivity contribution in [2.45, 2.75) is 11.4 Å². The highest BCUT2D eigenvalue weighted by molar-refractivity contribution is 7.98. The summed E-state index contributed by atoms with van der Waals surface area (Å²) in [5.41, 5.74) is -0.426. The van der Waals surface area contributed by atoms with Crippen LogP contribution < -0.4 is 4.74 Å². The molecule has 5 nitrogen and oxygen atoms in total. The van der Waals surface area contributed by atoms with Crippen LogP contribution in [0.4, 0.5) is 13.2 Å². The average Bonchev–Trinajstić information content (AvgIpc) is 3.04. The molecule has 3 aromatic rings. The highest BCUT2D eigenvalue weighted by Gasteiger charge is 2.30. The van der Waals surface area contributed by atoms with Crippen molar-refractivity contribution in [1.82, 2.24) is 15.2 Å². The summed E-state index contributed by atoms with van der Waals surface area (Å²) in [6.45, 7) is 0. The van der Waals surface area contributed by atoms with Gasteiger partial charge in [0.05, 0.1) is 5.56 Å². The van der Waals surface area contributed by atoms with Crippen LogP contribution in [0.5, 0.6) is 11.6 Å². The third-order valence-electron chi connectivity index (χ3n) is 2.91. The zero-order chi connectivity index (χ0) is 17.2. The normalized spacial score (nSPS) is 11.5. The molecule has 24 heavy (non-hydrogen) atoms. The van der Waals surface area contributed by atoms with E-state index in [2.05, 4.69) is 15.2 Å². The molecule has 0 aliphatic rings. The first-order valence-corrected chi connectivity index (χ1v) is 7.88. The highest BCUT2D eigenvalue weighted by Crippen LogP contribution is 2.32. The second-order valence-corrected chi connectivity index (χ2v) is 5.32. The minimum Gasteiger partial charge on any atom is -0.439 e. The fourth-order valence-corrected chi connectivity index (χ4v) is 2.13. The van der Waals surface area contributed by atoms with E-state index in [-0.39, 0.29) is 17.5 Å². The molecule has 1 aromatic carbocycles. The van der Waals surface area contributed by atoms with Gasteiger partial charge in [-0.1, -0.05) is 23.9 Å². The van der Waals surface area contributed by atoms with Crippen molar-refractivity contribution in [2.75, 3.05) is 6.26 Å². The standard InChI is InChI=1S/C15H10F3N3O2S/c1-24-14-21-20-13(23-14)11-6-3-7-12(19-11)22-10-5-2-4-9(8-10)15(16,17)18/h2-8H,1H3. The number of pyridine rings is 1. The van der Waals surface area contributed by atoms with Gasteiger partial charge in [0.2, 0.25) is 5.88 Å². The molecule has 0 N–H and O–H groups in total. The van der Waals surface area contributed by atoms with Gasteiger partial charge in [-0.15, -0.1) is 10.2 Å². The van der Waals surface area contributed by atoms with E-state index in [1.165, 1.54) is 30.0 Å². The molecule has 9 heteroatoms. The molecular formula is C15H10F3N3O2S. The Hall–Kier alpha value is -2.55. The summed E-state index contributed by atoms with van der Waals surface area (Å²) < 4.78 is 48.9. The van der Waals surface area contributed by atoms with Gasteiger partial charge in [-0.05, 0) is 30.5 Å². The minimum absolute atomic E-state index is 0.0322. The van der Waals surface area contributed by atoms with Crippen LogP contribution >= 0.6 is 11.8 Å². The smallest absolute Gasteiger partial charge is 0.416 e. The lowest BCUT2D eigenvalue weighted by Crippen LogP contribution is -2.04. The van der Waals surface area contributed by atoms with Gasteiger partial charge < -0.3 is 9.15 Å². The Morgan fingerprint density at radius 3 is 2.58 bits per heavy atom. The van der Waals surface area contributed by atoms with Crippen LogP contribution in [0.3, 0.4) is 0 Å². The Kier molecular flexibility index (Phi) is 4.43. The van der Waals surface area contributed by atoms with Crippen LogP contribution in [0.25, 0.3) is 11.6 Å². The van der Waals surface area contributed by atoms with Crippen molar-refractivity contribution >= 4 is 11.8 Å². The number of nitrogens with zero attached hydrogens (tertiary/aromatic N) is 3. The maximum Gasteiger partial charge on any atom is 0.416 e. The molecule has 2 aromatic heterocycles. The van der Waals surface area contributed by atoms with Crippen molar-refractivity contribution in [3.8, 4) is 23.2 Å². The fraction of sp³-hybridized carbons (Fsp3) is 0.133. The predicted octanol–water partition coefficient (Wildman–Crippen LogP) is 4.66. The summed E-state index contributed by atoms with van der Waals surface area (Å²) in [4.78, 5) is 4.17. The molecule has 0 aliphatic carbocycles. The van der Waals surface area contributed by atoms with Crippen molar-refractivity contribution < 1.29 is 22.3 Å². The Morgan fingerprint density at radius 2 is 1.88 bits per heavy atom. The summed E-state index contributed by atoms with van der Waals surface area (Å²) >= 11 is 1.29. The van der Waals surface area contributed by atoms with E-state index in [9.17, 15) is 13.2 Å². The second kappa shape index (κ2) is 6.52. The van der Waals surface area contributed by atoms with Gasteiger partial charge in [-0.2, -0.15) is 13.2 Å². The summed E-state index contributed by atoms with van der Waals surface area (Å²) in [6.07, 6.45) is -2.65. The summed E-state index contributed by atoms with van der Waals surface area (Å²) in [5.74, 6) is 0.356. The van der Waals surface area contributed by atoms with E-state index >= 15 is 0 Å². The number of hydrogen-bond acceptors (Lipinski definition) is 6. The van der Waals surface area contributed by atoms with E-state index < -0.39 is 11.7 Å². The SMILES string of the molecule is CSc1nnc(-c2cccc(Oc3cccc(C(F)(F)F)c3)n2)o1. The first-order chi connectivity index (χ1) is 11.5. The first-order valence-electron chi connectivity index (χ1n) is 6.66. The number of thioether (sulfide) groups is 1. The lowest BCUT2D eigenvalue weighted by molar-refractivity contribution is -0.137. The summed E-state index contributed by atoms with van der Waals surface area (Å²) in [6, 6.07) is 9.36. The highest BCUT2D eigenvalue weighted by atomic mass is 32.2. The van der Waals surface area contributed by atoms with Crippen LogP contribution in [-0.2, 0) is 6.18 Å². The van der Waals surface area contributed by atoms with E-state index in [1.54, 1.807) is 18.4 Å². The Labute approximate surface area is 138 Å². The molecule has 3 rings (SSSR count). The monoisotopic (exact) mass is 353 g/mol. The molecule has 0 spiro atoms. The Balaban J connectivity index is 1.85. The van der Waals surface area contributed by atoms with Crippen LogP contribution in [-0.4, -0.2) is 21.4 Å². The van der Waals surface area contributed by atoms with Crippen LogP contribution in [0.2, 0.25) is 0 Å². The lowest BCUT2D eigenvalue weighted by atomic mass is 10.2. The third kappa shape index (κ3) is 3.67. The maximum atomic E-state index is 12.7. The summed E-state index contributed by atoms with van der Waals surface area (Å²) in [7, 11) is 0. The van der Waals surface area contributed by atoms with Gasteiger partial charge in [0.15, 0.2) is 0 Å². The maximum absolute atomic E-state index is 12.7. The molecule has 0 saturated carbocycles. The molecule has 0 amide bonds. The topological polar surface area (TPSA) is 61.0 Å². The zero-order valence-corrected chi connectivity index (χ0v) is 13.1. The predicted molar refractivity (Wildman–Crippen MR) is 80.8 cm³/mol. The number of ether oxygens (including phenoxy) is 1. The number of aromatic nitrogens is 3. The molecule has 2 heterocycles. The van der Waals surface area contributed by atoms with E-state index in [4.69, 9.17) is 9.15 Å². The van der Waals surface area contributed by atoms with E-state index in [0.717, 1.165) is 12.1 Å². The van der Waals surface area contributed by atoms with Crippen LogP contribution in [0.1, 0.15) is 5.56 Å². The van der Waals surface area contributed by atoms with Crippen LogP contribution in [0, 0.1) is 0 Å².